The van der Waals surface area contributed by atoms with Crippen molar-refractivity contribution in [2.24, 2.45) is 58.7 Å². The van der Waals surface area contributed by atoms with Gasteiger partial charge in [0.15, 0.2) is 0 Å². The van der Waals surface area contributed by atoms with Gasteiger partial charge in [-0.3, -0.25) is 0 Å². The zero-order valence-corrected chi connectivity index (χ0v) is 27.0. The lowest BCUT2D eigenvalue weighted by molar-refractivity contribution is 0.0146. The molecule has 0 heteroatoms. The van der Waals surface area contributed by atoms with Crippen LogP contribution in [-0.2, 0) is 0 Å². The van der Waals surface area contributed by atoms with Gasteiger partial charge in [-0.05, 0) is 123 Å². The molecule has 0 nitrogen and oxygen atoms in total. The van der Waals surface area contributed by atoms with Crippen LogP contribution < -0.4 is 0 Å². The molecule has 8 atom stereocenters. The molecule has 0 heterocycles. The summed E-state index contributed by atoms with van der Waals surface area (Å²) in [5.74, 6) is 9.42. The van der Waals surface area contributed by atoms with Gasteiger partial charge in [0.05, 0.1) is 0 Å². The van der Waals surface area contributed by atoms with E-state index in [0.29, 0.717) is 5.41 Å². The SMILES string of the molecule is CCCCCCCCC1(CCCCCCCC)C2CC(C)CCC2C2CCC(C3CC(C)CC(C)C3)CC21. The van der Waals surface area contributed by atoms with Crippen LogP contribution in [0.15, 0.2) is 0 Å². The maximum atomic E-state index is 2.62. The summed E-state index contributed by atoms with van der Waals surface area (Å²) in [7, 11) is 0. The van der Waals surface area contributed by atoms with Crippen molar-refractivity contribution in [2.75, 3.05) is 0 Å². The van der Waals surface area contributed by atoms with Crippen molar-refractivity contribution in [3.05, 3.63) is 0 Å². The Bertz CT molecular complexity index is 622. The van der Waals surface area contributed by atoms with Gasteiger partial charge >= 0.3 is 0 Å². The van der Waals surface area contributed by atoms with Crippen LogP contribution in [0, 0.1) is 58.7 Å². The van der Waals surface area contributed by atoms with E-state index < -0.39 is 0 Å². The average Bonchev–Trinajstić information content (AvgIpc) is 3.16. The Labute approximate surface area is 240 Å². The first-order valence-corrected chi connectivity index (χ1v) is 18.5. The summed E-state index contributed by atoms with van der Waals surface area (Å²) in [6.45, 7) is 12.5. The molecule has 4 aliphatic carbocycles. The smallest absolute Gasteiger partial charge is 0.0235 e. The Hall–Kier alpha value is 0. The maximum absolute atomic E-state index is 2.62. The average molecular weight is 527 g/mol. The van der Waals surface area contributed by atoms with Gasteiger partial charge in [0.1, 0.15) is 0 Å². The van der Waals surface area contributed by atoms with Crippen molar-refractivity contribution in [1.29, 1.82) is 0 Å². The predicted octanol–water partition coefficient (Wildman–Crippen LogP) is 12.6. The lowest BCUT2D eigenvalue weighted by atomic mass is 9.57. The Balaban J connectivity index is 1.51. The van der Waals surface area contributed by atoms with Crippen LogP contribution in [-0.4, -0.2) is 0 Å². The van der Waals surface area contributed by atoms with Crippen LogP contribution in [0.2, 0.25) is 0 Å². The third kappa shape index (κ3) is 7.64. The Kier molecular flexibility index (Phi) is 12.5. The van der Waals surface area contributed by atoms with Crippen molar-refractivity contribution in [2.45, 2.75) is 182 Å². The molecule has 222 valence electrons. The molecule has 0 aromatic carbocycles. The molecule has 4 rings (SSSR count). The molecule has 0 N–H and O–H groups in total. The van der Waals surface area contributed by atoms with Gasteiger partial charge in [-0.15, -0.1) is 0 Å². The molecule has 0 spiro atoms. The molecule has 0 aliphatic heterocycles. The predicted molar refractivity (Wildman–Crippen MR) is 168 cm³/mol. The van der Waals surface area contributed by atoms with Crippen LogP contribution in [0.3, 0.4) is 0 Å². The number of hydrogen-bond donors (Lipinski definition) is 0. The minimum absolute atomic E-state index is 0.712. The molecule has 0 aromatic rings. The highest BCUT2D eigenvalue weighted by atomic mass is 14.7. The van der Waals surface area contributed by atoms with Crippen molar-refractivity contribution in [3.63, 3.8) is 0 Å². The Morgan fingerprint density at radius 3 is 1.53 bits per heavy atom. The van der Waals surface area contributed by atoms with Gasteiger partial charge in [0, 0.05) is 0 Å². The highest BCUT2D eigenvalue weighted by Gasteiger charge is 2.60. The molecule has 0 saturated heterocycles. The Morgan fingerprint density at radius 2 is 0.947 bits per heavy atom. The van der Waals surface area contributed by atoms with Crippen LogP contribution in [0.5, 0.6) is 0 Å². The molecule has 0 aromatic heterocycles. The number of fused-ring (bicyclic) bond motifs is 3. The van der Waals surface area contributed by atoms with E-state index >= 15 is 0 Å². The fourth-order valence-electron chi connectivity index (χ4n) is 11.4. The number of unbranched alkanes of at least 4 members (excludes halogenated alkanes) is 10. The van der Waals surface area contributed by atoms with Crippen LogP contribution in [0.1, 0.15) is 182 Å². The first kappa shape index (κ1) is 30.9. The van der Waals surface area contributed by atoms with Gasteiger partial charge in [-0.25, -0.2) is 0 Å². The molecule has 0 amide bonds. The van der Waals surface area contributed by atoms with Gasteiger partial charge in [0.2, 0.25) is 0 Å². The van der Waals surface area contributed by atoms with Crippen molar-refractivity contribution in [1.82, 2.24) is 0 Å². The number of hydrogen-bond acceptors (Lipinski definition) is 0. The molecular formula is C38H70. The largest absolute Gasteiger partial charge is 0.0654 e. The third-order valence-corrected chi connectivity index (χ3v) is 13.0. The van der Waals surface area contributed by atoms with E-state index in [1.54, 1.807) is 70.6 Å². The van der Waals surface area contributed by atoms with Gasteiger partial charge in [-0.2, -0.15) is 0 Å². The summed E-state index contributed by atoms with van der Waals surface area (Å²) in [4.78, 5) is 0. The molecule has 38 heavy (non-hydrogen) atoms. The van der Waals surface area contributed by atoms with E-state index in [1.807, 2.05) is 0 Å². The van der Waals surface area contributed by atoms with E-state index in [1.165, 1.54) is 77.0 Å². The molecule has 8 unspecified atom stereocenters. The fourth-order valence-corrected chi connectivity index (χ4v) is 11.4. The topological polar surface area (TPSA) is 0 Å². The maximum Gasteiger partial charge on any atom is -0.0235 e. The molecule has 4 aliphatic rings. The lowest BCUT2D eigenvalue weighted by Crippen LogP contribution is -2.39. The summed E-state index contributed by atoms with van der Waals surface area (Å²) in [5.41, 5.74) is 0.712. The Morgan fingerprint density at radius 1 is 0.447 bits per heavy atom. The summed E-state index contributed by atoms with van der Waals surface area (Å²) < 4.78 is 0. The second-order valence-corrected chi connectivity index (χ2v) is 16.0. The highest BCUT2D eigenvalue weighted by molar-refractivity contribution is 5.09. The van der Waals surface area contributed by atoms with Crippen LogP contribution in [0.4, 0.5) is 0 Å². The van der Waals surface area contributed by atoms with Gasteiger partial charge in [-0.1, -0.05) is 118 Å². The summed E-state index contributed by atoms with van der Waals surface area (Å²) in [6.07, 6.45) is 35.1. The van der Waals surface area contributed by atoms with Crippen molar-refractivity contribution >= 4 is 0 Å². The van der Waals surface area contributed by atoms with E-state index in [4.69, 9.17) is 0 Å². The van der Waals surface area contributed by atoms with Gasteiger partial charge < -0.3 is 0 Å². The molecule has 0 radical (unpaired) electrons. The molecule has 4 saturated carbocycles. The minimum atomic E-state index is 0.712. The molecule has 4 fully saturated rings. The first-order valence-electron chi connectivity index (χ1n) is 18.5. The minimum Gasteiger partial charge on any atom is -0.0654 e. The van der Waals surface area contributed by atoms with E-state index in [9.17, 15) is 0 Å². The van der Waals surface area contributed by atoms with Gasteiger partial charge in [0.25, 0.3) is 0 Å². The van der Waals surface area contributed by atoms with Crippen molar-refractivity contribution in [3.8, 4) is 0 Å². The quantitative estimate of drug-likeness (QED) is 0.186. The number of rotatable bonds is 15. The monoisotopic (exact) mass is 527 g/mol. The van der Waals surface area contributed by atoms with E-state index in [2.05, 4.69) is 34.6 Å². The molecular weight excluding hydrogens is 456 g/mol. The van der Waals surface area contributed by atoms with Crippen LogP contribution in [0.25, 0.3) is 0 Å². The van der Waals surface area contributed by atoms with Crippen molar-refractivity contribution < 1.29 is 0 Å². The summed E-state index contributed by atoms with van der Waals surface area (Å²) in [6, 6.07) is 0. The van der Waals surface area contributed by atoms with E-state index in [-0.39, 0.29) is 0 Å². The molecule has 0 bridgehead atoms. The lowest BCUT2D eigenvalue weighted by Gasteiger charge is -2.48. The first-order chi connectivity index (χ1) is 18.5. The third-order valence-electron chi connectivity index (χ3n) is 13.0. The summed E-state index contributed by atoms with van der Waals surface area (Å²) >= 11 is 0. The van der Waals surface area contributed by atoms with Crippen LogP contribution >= 0.6 is 0 Å². The van der Waals surface area contributed by atoms with E-state index in [0.717, 1.165) is 53.3 Å². The zero-order chi connectivity index (χ0) is 27.0. The fraction of sp³-hybridized carbons (Fsp3) is 1.00. The zero-order valence-electron chi connectivity index (χ0n) is 27.0. The standard InChI is InChI=1S/C38H70/c1-6-8-10-12-14-16-22-38(23-17-15-13-11-9-7-2)36-27-29(3)18-20-34(36)35-21-19-32(28-37(35)38)33-25-30(4)24-31(5)26-33/h29-37H,6-28H2,1-5H3. The second-order valence-electron chi connectivity index (χ2n) is 16.0. The highest BCUT2D eigenvalue weighted by Crippen LogP contribution is 2.68. The second kappa shape index (κ2) is 15.3. The normalized spacial score (nSPS) is 38.6. The summed E-state index contributed by atoms with van der Waals surface area (Å²) in [5, 5.41) is 0.